The van der Waals surface area contributed by atoms with E-state index in [1.54, 1.807) is 0 Å². The Balaban J connectivity index is 1.80. The third kappa shape index (κ3) is 3.93. The van der Waals surface area contributed by atoms with Crippen molar-refractivity contribution in [1.82, 2.24) is 10.6 Å². The summed E-state index contributed by atoms with van der Waals surface area (Å²) in [4.78, 5) is 12.2. The van der Waals surface area contributed by atoms with Crippen LogP contribution in [0.3, 0.4) is 0 Å². The number of carbonyl (C=O) groups excluding carboxylic acids is 1. The molecule has 3 atom stereocenters. The van der Waals surface area contributed by atoms with Crippen molar-refractivity contribution in [2.75, 3.05) is 6.61 Å². The molecule has 2 bridgehead atoms. The van der Waals surface area contributed by atoms with Crippen molar-refractivity contribution in [3.05, 3.63) is 0 Å². The fourth-order valence-corrected chi connectivity index (χ4v) is 3.57. The summed E-state index contributed by atoms with van der Waals surface area (Å²) < 4.78 is 0. The molecule has 3 N–H and O–H groups in total. The Morgan fingerprint density at radius 2 is 2.00 bits per heavy atom. The van der Waals surface area contributed by atoms with Crippen LogP contribution in [0.1, 0.15) is 58.8 Å². The molecule has 0 aromatic rings. The predicted molar refractivity (Wildman–Crippen MR) is 75.8 cm³/mol. The molecular formula is C15H28N2O2. The van der Waals surface area contributed by atoms with Gasteiger partial charge in [-0.15, -0.1) is 0 Å². The first kappa shape index (κ1) is 14.8. The van der Waals surface area contributed by atoms with Crippen LogP contribution in [0.5, 0.6) is 0 Å². The highest BCUT2D eigenvalue weighted by molar-refractivity contribution is 5.77. The standard InChI is InChI=1S/C15H28N2O2/c1-3-15(2,6-7-18)17-14(19)10-11-8-12-4-5-13(9-11)16-12/h11-13,16,18H,3-10H2,1-2H3,(H,17,19). The Bertz CT molecular complexity index is 309. The molecule has 2 fully saturated rings. The molecule has 0 aliphatic carbocycles. The summed E-state index contributed by atoms with van der Waals surface area (Å²) in [5.41, 5.74) is -0.252. The average molecular weight is 268 g/mol. The summed E-state index contributed by atoms with van der Waals surface area (Å²) in [5, 5.41) is 15.8. The lowest BCUT2D eigenvalue weighted by atomic mass is 9.88. The second-order valence-electron chi connectivity index (χ2n) is 6.62. The lowest BCUT2D eigenvalue weighted by Gasteiger charge is -2.32. The van der Waals surface area contributed by atoms with E-state index in [4.69, 9.17) is 5.11 Å². The zero-order valence-electron chi connectivity index (χ0n) is 12.2. The number of hydrogen-bond donors (Lipinski definition) is 3. The maximum atomic E-state index is 12.2. The van der Waals surface area contributed by atoms with E-state index in [-0.39, 0.29) is 18.1 Å². The van der Waals surface area contributed by atoms with Crippen LogP contribution in [0.15, 0.2) is 0 Å². The molecule has 2 aliphatic heterocycles. The van der Waals surface area contributed by atoms with Gasteiger partial charge in [-0.3, -0.25) is 4.79 Å². The van der Waals surface area contributed by atoms with E-state index in [1.165, 1.54) is 12.8 Å². The summed E-state index contributed by atoms with van der Waals surface area (Å²) in [6.45, 7) is 4.20. The molecule has 0 aromatic heterocycles. The lowest BCUT2D eigenvalue weighted by Crippen LogP contribution is -2.47. The number of aliphatic hydroxyl groups is 1. The Kier molecular flexibility index (Phi) is 4.85. The minimum Gasteiger partial charge on any atom is -0.396 e. The number of piperidine rings is 1. The second-order valence-corrected chi connectivity index (χ2v) is 6.62. The van der Waals surface area contributed by atoms with E-state index < -0.39 is 0 Å². The van der Waals surface area contributed by atoms with Gasteiger partial charge in [0.15, 0.2) is 0 Å². The minimum absolute atomic E-state index is 0.127. The van der Waals surface area contributed by atoms with Crippen LogP contribution < -0.4 is 10.6 Å². The van der Waals surface area contributed by atoms with Gasteiger partial charge >= 0.3 is 0 Å². The highest BCUT2D eigenvalue weighted by Crippen LogP contribution is 2.32. The molecule has 0 saturated carbocycles. The smallest absolute Gasteiger partial charge is 0.220 e. The quantitative estimate of drug-likeness (QED) is 0.685. The van der Waals surface area contributed by atoms with Gasteiger partial charge in [0.1, 0.15) is 0 Å². The van der Waals surface area contributed by atoms with Crippen molar-refractivity contribution >= 4 is 5.91 Å². The summed E-state index contributed by atoms with van der Waals surface area (Å²) >= 11 is 0. The lowest BCUT2D eigenvalue weighted by molar-refractivity contribution is -0.124. The van der Waals surface area contributed by atoms with Gasteiger partial charge in [0.25, 0.3) is 0 Å². The molecule has 4 nitrogen and oxygen atoms in total. The third-order valence-corrected chi connectivity index (χ3v) is 4.93. The van der Waals surface area contributed by atoms with Gasteiger partial charge in [-0.05, 0) is 51.4 Å². The van der Waals surface area contributed by atoms with Crippen LogP contribution >= 0.6 is 0 Å². The van der Waals surface area contributed by atoms with E-state index in [0.717, 1.165) is 19.3 Å². The highest BCUT2D eigenvalue weighted by atomic mass is 16.3. The Morgan fingerprint density at radius 1 is 1.37 bits per heavy atom. The van der Waals surface area contributed by atoms with Crippen LogP contribution in [0, 0.1) is 5.92 Å². The molecule has 1 amide bonds. The van der Waals surface area contributed by atoms with Crippen molar-refractivity contribution in [3.63, 3.8) is 0 Å². The van der Waals surface area contributed by atoms with Crippen LogP contribution in [0.4, 0.5) is 0 Å². The molecule has 0 radical (unpaired) electrons. The molecule has 4 heteroatoms. The van der Waals surface area contributed by atoms with Crippen LogP contribution in [0.2, 0.25) is 0 Å². The Hall–Kier alpha value is -0.610. The van der Waals surface area contributed by atoms with E-state index >= 15 is 0 Å². The first-order valence-corrected chi connectivity index (χ1v) is 7.72. The highest BCUT2D eigenvalue weighted by Gasteiger charge is 2.34. The number of hydrogen-bond acceptors (Lipinski definition) is 3. The molecule has 0 spiro atoms. The van der Waals surface area contributed by atoms with Crippen molar-refractivity contribution in [1.29, 1.82) is 0 Å². The van der Waals surface area contributed by atoms with Crippen LogP contribution in [-0.2, 0) is 4.79 Å². The second kappa shape index (κ2) is 6.23. The molecule has 2 saturated heterocycles. The van der Waals surface area contributed by atoms with Gasteiger partial charge in [0.2, 0.25) is 5.91 Å². The van der Waals surface area contributed by atoms with Gasteiger partial charge in [-0.1, -0.05) is 6.92 Å². The fourth-order valence-electron chi connectivity index (χ4n) is 3.57. The summed E-state index contributed by atoms with van der Waals surface area (Å²) in [6.07, 6.45) is 6.98. The predicted octanol–water partition coefficient (Wildman–Crippen LogP) is 1.57. The number of rotatable bonds is 6. The largest absolute Gasteiger partial charge is 0.396 e. The normalized spacial score (nSPS) is 32.9. The van der Waals surface area contributed by atoms with Crippen LogP contribution in [-0.4, -0.2) is 35.2 Å². The maximum Gasteiger partial charge on any atom is 0.220 e. The van der Waals surface area contributed by atoms with Gasteiger partial charge in [0, 0.05) is 30.7 Å². The van der Waals surface area contributed by atoms with Crippen molar-refractivity contribution < 1.29 is 9.90 Å². The van der Waals surface area contributed by atoms with E-state index in [2.05, 4.69) is 17.6 Å². The van der Waals surface area contributed by atoms with E-state index in [0.29, 0.717) is 30.8 Å². The number of aliphatic hydroxyl groups excluding tert-OH is 1. The SMILES string of the molecule is CCC(C)(CCO)NC(=O)CC1CC2CCC(C1)N2. The molecule has 110 valence electrons. The third-order valence-electron chi connectivity index (χ3n) is 4.93. The zero-order valence-corrected chi connectivity index (χ0v) is 12.2. The van der Waals surface area contributed by atoms with E-state index in [1.807, 2.05) is 6.92 Å². The molecule has 2 heterocycles. The zero-order chi connectivity index (χ0) is 13.9. The number of nitrogens with one attached hydrogen (secondary N) is 2. The molecule has 2 aliphatic rings. The molecule has 19 heavy (non-hydrogen) atoms. The summed E-state index contributed by atoms with van der Waals surface area (Å²) in [7, 11) is 0. The fraction of sp³-hybridized carbons (Fsp3) is 0.933. The van der Waals surface area contributed by atoms with Crippen molar-refractivity contribution in [3.8, 4) is 0 Å². The molecule has 3 unspecified atom stereocenters. The number of fused-ring (bicyclic) bond motifs is 2. The molecule has 0 aromatic carbocycles. The minimum atomic E-state index is -0.252. The van der Waals surface area contributed by atoms with Gasteiger partial charge in [-0.2, -0.15) is 0 Å². The monoisotopic (exact) mass is 268 g/mol. The van der Waals surface area contributed by atoms with Crippen LogP contribution in [0.25, 0.3) is 0 Å². The Labute approximate surface area is 116 Å². The summed E-state index contributed by atoms with van der Waals surface area (Å²) in [5.74, 6) is 0.693. The van der Waals surface area contributed by atoms with Crippen molar-refractivity contribution in [2.45, 2.75) is 76.4 Å². The number of amides is 1. The maximum absolute atomic E-state index is 12.2. The Morgan fingerprint density at radius 3 is 2.53 bits per heavy atom. The topological polar surface area (TPSA) is 61.4 Å². The first-order chi connectivity index (χ1) is 9.04. The summed E-state index contributed by atoms with van der Waals surface area (Å²) in [6, 6.07) is 1.29. The average Bonchev–Trinajstić information content (AvgIpc) is 2.68. The first-order valence-electron chi connectivity index (χ1n) is 7.72. The van der Waals surface area contributed by atoms with Gasteiger partial charge in [-0.25, -0.2) is 0 Å². The molecular weight excluding hydrogens is 240 g/mol. The van der Waals surface area contributed by atoms with Gasteiger partial charge < -0.3 is 15.7 Å². The molecule has 2 rings (SSSR count). The van der Waals surface area contributed by atoms with E-state index in [9.17, 15) is 4.79 Å². The number of carbonyl (C=O) groups is 1. The van der Waals surface area contributed by atoms with Gasteiger partial charge in [0.05, 0.1) is 0 Å². The van der Waals surface area contributed by atoms with Crippen molar-refractivity contribution in [2.24, 2.45) is 5.92 Å².